The largest absolute Gasteiger partial charge is 0.418 e. The Morgan fingerprint density at radius 2 is 1.93 bits per heavy atom. The second-order valence-electron chi connectivity index (χ2n) is 2.53. The van der Waals surface area contributed by atoms with E-state index >= 15 is 0 Å². The van der Waals surface area contributed by atoms with Gasteiger partial charge in [0.1, 0.15) is 6.07 Å². The van der Waals surface area contributed by atoms with E-state index in [4.69, 9.17) is 22.6 Å². The Morgan fingerprint density at radius 3 is 2.36 bits per heavy atom. The van der Waals surface area contributed by atoms with Crippen molar-refractivity contribution >= 4 is 17.3 Å². The van der Waals surface area contributed by atoms with Crippen molar-refractivity contribution < 1.29 is 13.2 Å². The zero-order valence-electron chi connectivity index (χ0n) is 6.69. The van der Waals surface area contributed by atoms with Gasteiger partial charge in [-0.1, -0.05) is 11.6 Å². The van der Waals surface area contributed by atoms with Crippen LogP contribution in [0.3, 0.4) is 0 Å². The number of hydrogen-bond donors (Lipinski definition) is 1. The van der Waals surface area contributed by atoms with Crippen molar-refractivity contribution in [2.24, 2.45) is 0 Å². The molecule has 2 nitrogen and oxygen atoms in total. The second-order valence-corrected chi connectivity index (χ2v) is 2.94. The first-order valence-electron chi connectivity index (χ1n) is 3.42. The van der Waals surface area contributed by atoms with E-state index in [0.717, 1.165) is 6.07 Å². The van der Waals surface area contributed by atoms with Crippen LogP contribution in [-0.2, 0) is 6.18 Å². The summed E-state index contributed by atoms with van der Waals surface area (Å²) in [7, 11) is 0. The molecule has 1 aromatic rings. The second kappa shape index (κ2) is 3.39. The van der Waals surface area contributed by atoms with Crippen LogP contribution in [0, 0.1) is 11.3 Å². The van der Waals surface area contributed by atoms with Crippen molar-refractivity contribution in [2.75, 3.05) is 5.73 Å². The van der Waals surface area contributed by atoms with Crippen molar-refractivity contribution in [3.63, 3.8) is 0 Å². The lowest BCUT2D eigenvalue weighted by Crippen LogP contribution is -2.09. The van der Waals surface area contributed by atoms with Crippen molar-refractivity contribution in [3.05, 3.63) is 28.3 Å². The predicted molar refractivity (Wildman–Crippen MR) is 45.6 cm³/mol. The van der Waals surface area contributed by atoms with Crippen molar-refractivity contribution in [1.29, 1.82) is 5.26 Å². The van der Waals surface area contributed by atoms with Gasteiger partial charge in [-0.2, -0.15) is 18.4 Å². The maximum Gasteiger partial charge on any atom is 0.418 e. The van der Waals surface area contributed by atoms with Crippen LogP contribution in [0.2, 0.25) is 5.02 Å². The maximum atomic E-state index is 12.3. The van der Waals surface area contributed by atoms with Crippen molar-refractivity contribution in [2.45, 2.75) is 6.18 Å². The van der Waals surface area contributed by atoms with Gasteiger partial charge in [0.25, 0.3) is 0 Å². The van der Waals surface area contributed by atoms with E-state index < -0.39 is 17.4 Å². The highest BCUT2D eigenvalue weighted by Crippen LogP contribution is 2.36. The average molecular weight is 221 g/mol. The summed E-state index contributed by atoms with van der Waals surface area (Å²) in [6, 6.07) is 3.10. The Hall–Kier alpha value is -1.41. The first-order valence-corrected chi connectivity index (χ1v) is 3.80. The summed E-state index contributed by atoms with van der Waals surface area (Å²) in [5.41, 5.74) is 3.35. The fourth-order valence-electron chi connectivity index (χ4n) is 0.920. The van der Waals surface area contributed by atoms with Gasteiger partial charge in [0.2, 0.25) is 0 Å². The summed E-state index contributed by atoms with van der Waals surface area (Å²) in [4.78, 5) is 0. The first kappa shape index (κ1) is 10.7. The molecular formula is C8H4ClF3N2. The van der Waals surface area contributed by atoms with Crippen LogP contribution >= 0.6 is 11.6 Å². The molecule has 0 aromatic heterocycles. The molecule has 0 aliphatic heterocycles. The number of alkyl halides is 3. The lowest BCUT2D eigenvalue weighted by molar-refractivity contribution is -0.136. The van der Waals surface area contributed by atoms with E-state index in [1.54, 1.807) is 6.07 Å². The molecule has 1 rings (SSSR count). The normalized spacial score (nSPS) is 11.1. The number of nitrogens with two attached hydrogens (primary N) is 1. The van der Waals surface area contributed by atoms with Crippen LogP contribution < -0.4 is 5.73 Å². The highest BCUT2D eigenvalue weighted by Gasteiger charge is 2.33. The van der Waals surface area contributed by atoms with E-state index in [-0.39, 0.29) is 10.6 Å². The Labute approximate surface area is 82.7 Å². The number of nitrogen functional groups attached to an aromatic ring is 1. The van der Waals surface area contributed by atoms with Crippen molar-refractivity contribution in [3.8, 4) is 6.07 Å². The first-order chi connectivity index (χ1) is 6.36. The van der Waals surface area contributed by atoms with Gasteiger partial charge in [-0.3, -0.25) is 0 Å². The lowest BCUT2D eigenvalue weighted by atomic mass is 10.1. The fourth-order valence-corrected chi connectivity index (χ4v) is 1.13. The number of hydrogen-bond acceptors (Lipinski definition) is 2. The molecule has 0 amide bonds. The molecule has 0 heterocycles. The van der Waals surface area contributed by atoms with Gasteiger partial charge < -0.3 is 5.73 Å². The average Bonchev–Trinajstić information content (AvgIpc) is 2.02. The topological polar surface area (TPSA) is 49.8 Å². The maximum absolute atomic E-state index is 12.3. The van der Waals surface area contributed by atoms with Crippen LogP contribution in [0.15, 0.2) is 12.1 Å². The standard InChI is InChI=1S/C8H4ClF3N2/c9-6-2-7(14)5(8(10,11)12)1-4(6)3-13/h1-2H,14H2. The molecule has 74 valence electrons. The zero-order valence-corrected chi connectivity index (χ0v) is 7.45. The number of halogens is 4. The third kappa shape index (κ3) is 1.91. The van der Waals surface area contributed by atoms with Gasteiger partial charge in [-0.25, -0.2) is 0 Å². The molecule has 0 aliphatic rings. The van der Waals surface area contributed by atoms with Gasteiger partial charge in [-0.15, -0.1) is 0 Å². The minimum Gasteiger partial charge on any atom is -0.398 e. The zero-order chi connectivity index (χ0) is 10.9. The molecule has 0 unspecified atom stereocenters. The van der Waals surface area contributed by atoms with Crippen LogP contribution in [0.25, 0.3) is 0 Å². The number of anilines is 1. The molecule has 0 bridgehead atoms. The Balaban J connectivity index is 3.41. The molecule has 0 atom stereocenters. The van der Waals surface area contributed by atoms with Gasteiger partial charge >= 0.3 is 6.18 Å². The van der Waals surface area contributed by atoms with Crippen LogP contribution in [0.1, 0.15) is 11.1 Å². The molecule has 1 aromatic carbocycles. The van der Waals surface area contributed by atoms with E-state index in [2.05, 4.69) is 0 Å². The third-order valence-corrected chi connectivity index (χ3v) is 1.88. The predicted octanol–water partition coefficient (Wildman–Crippen LogP) is 2.81. The fraction of sp³-hybridized carbons (Fsp3) is 0.125. The molecular weight excluding hydrogens is 217 g/mol. The Kier molecular flexibility index (Phi) is 2.58. The number of benzene rings is 1. The SMILES string of the molecule is N#Cc1cc(C(F)(F)F)c(N)cc1Cl. The highest BCUT2D eigenvalue weighted by atomic mass is 35.5. The van der Waals surface area contributed by atoms with Gasteiger partial charge in [-0.05, 0) is 12.1 Å². The number of nitriles is 1. The number of nitrogens with zero attached hydrogens (tertiary/aromatic N) is 1. The minimum atomic E-state index is -4.57. The van der Waals surface area contributed by atoms with Gasteiger partial charge in [0.05, 0.1) is 16.1 Å². The Bertz CT molecular complexity index is 406. The van der Waals surface area contributed by atoms with E-state index in [0.29, 0.717) is 6.07 Å². The van der Waals surface area contributed by atoms with E-state index in [1.165, 1.54) is 0 Å². The summed E-state index contributed by atoms with van der Waals surface area (Å²) in [6.07, 6.45) is -4.57. The molecule has 0 radical (unpaired) electrons. The molecule has 0 spiro atoms. The molecule has 14 heavy (non-hydrogen) atoms. The van der Waals surface area contributed by atoms with Gasteiger partial charge in [0.15, 0.2) is 0 Å². The van der Waals surface area contributed by atoms with E-state index in [1.807, 2.05) is 0 Å². The van der Waals surface area contributed by atoms with Crippen LogP contribution in [0.4, 0.5) is 18.9 Å². The summed E-state index contributed by atoms with van der Waals surface area (Å²) in [5, 5.41) is 8.37. The summed E-state index contributed by atoms with van der Waals surface area (Å²) < 4.78 is 36.8. The molecule has 0 saturated carbocycles. The van der Waals surface area contributed by atoms with E-state index in [9.17, 15) is 13.2 Å². The Morgan fingerprint density at radius 1 is 1.36 bits per heavy atom. The molecule has 0 saturated heterocycles. The molecule has 2 N–H and O–H groups in total. The monoisotopic (exact) mass is 220 g/mol. The lowest BCUT2D eigenvalue weighted by Gasteiger charge is -2.10. The van der Waals surface area contributed by atoms with Gasteiger partial charge in [0, 0.05) is 5.69 Å². The minimum absolute atomic E-state index is 0.0852. The summed E-state index contributed by atoms with van der Waals surface area (Å²) in [5.74, 6) is 0. The summed E-state index contributed by atoms with van der Waals surface area (Å²) >= 11 is 5.48. The molecule has 0 fully saturated rings. The quantitative estimate of drug-likeness (QED) is 0.684. The van der Waals surface area contributed by atoms with Crippen LogP contribution in [0.5, 0.6) is 0 Å². The number of rotatable bonds is 0. The molecule has 6 heteroatoms. The van der Waals surface area contributed by atoms with Crippen LogP contribution in [-0.4, -0.2) is 0 Å². The van der Waals surface area contributed by atoms with Crippen molar-refractivity contribution in [1.82, 2.24) is 0 Å². The molecule has 0 aliphatic carbocycles. The highest BCUT2D eigenvalue weighted by molar-refractivity contribution is 6.32. The summed E-state index contributed by atoms with van der Waals surface area (Å²) in [6.45, 7) is 0. The third-order valence-electron chi connectivity index (χ3n) is 1.57. The smallest absolute Gasteiger partial charge is 0.398 e.